The highest BCUT2D eigenvalue weighted by molar-refractivity contribution is 5.95. The van der Waals surface area contributed by atoms with Crippen LogP contribution in [0.1, 0.15) is 41.6 Å². The molecule has 0 radical (unpaired) electrons. The molecule has 2 amide bonds. The fourth-order valence-electron chi connectivity index (χ4n) is 4.83. The average molecular weight is 442 g/mol. The summed E-state index contributed by atoms with van der Waals surface area (Å²) in [4.78, 5) is 30.0. The number of hydrogen-bond acceptors (Lipinski definition) is 3. The molecular weight excluding hydrogens is 412 g/mol. The second-order valence-electron chi connectivity index (χ2n) is 8.80. The quantitative estimate of drug-likeness (QED) is 0.756. The van der Waals surface area contributed by atoms with Crippen molar-refractivity contribution < 1.29 is 18.4 Å². The van der Waals surface area contributed by atoms with Gasteiger partial charge < -0.3 is 10.2 Å². The summed E-state index contributed by atoms with van der Waals surface area (Å²) in [6, 6.07) is 10.3. The van der Waals surface area contributed by atoms with Gasteiger partial charge in [-0.2, -0.15) is 0 Å². The van der Waals surface area contributed by atoms with Crippen molar-refractivity contribution >= 4 is 17.5 Å². The van der Waals surface area contributed by atoms with Gasteiger partial charge in [-0.1, -0.05) is 30.5 Å². The van der Waals surface area contributed by atoms with Crippen LogP contribution in [0.4, 0.5) is 14.5 Å². The van der Waals surface area contributed by atoms with Gasteiger partial charge in [0.25, 0.3) is 5.91 Å². The van der Waals surface area contributed by atoms with E-state index in [2.05, 4.69) is 10.2 Å². The number of benzene rings is 2. The number of piperazine rings is 1. The van der Waals surface area contributed by atoms with Gasteiger partial charge in [-0.05, 0) is 49.9 Å². The first-order valence-corrected chi connectivity index (χ1v) is 11.3. The average Bonchev–Trinajstić information content (AvgIpc) is 3.31. The van der Waals surface area contributed by atoms with Crippen molar-refractivity contribution in [2.45, 2.75) is 38.6 Å². The molecule has 7 heteroatoms. The number of nitrogens with zero attached hydrogens (tertiary/aromatic N) is 2. The van der Waals surface area contributed by atoms with Crippen molar-refractivity contribution in [2.75, 3.05) is 31.5 Å². The Morgan fingerprint density at radius 1 is 0.969 bits per heavy atom. The first-order chi connectivity index (χ1) is 15.4. The van der Waals surface area contributed by atoms with Crippen LogP contribution in [0.2, 0.25) is 0 Å². The van der Waals surface area contributed by atoms with Crippen LogP contribution in [0.3, 0.4) is 0 Å². The number of carbonyl (C=O) groups is 2. The number of hydrogen-bond donors (Lipinski definition) is 1. The van der Waals surface area contributed by atoms with E-state index in [-0.39, 0.29) is 23.4 Å². The topological polar surface area (TPSA) is 52.7 Å². The predicted molar refractivity (Wildman–Crippen MR) is 119 cm³/mol. The lowest BCUT2D eigenvalue weighted by atomic mass is 9.94. The first-order valence-electron chi connectivity index (χ1n) is 11.3. The number of rotatable bonds is 5. The Hall–Kier alpha value is -2.80. The lowest BCUT2D eigenvalue weighted by Crippen LogP contribution is -2.57. The van der Waals surface area contributed by atoms with Crippen LogP contribution in [0.5, 0.6) is 0 Å². The molecule has 1 aliphatic heterocycles. The number of aryl methyl sites for hydroxylation is 1. The molecule has 0 aromatic heterocycles. The molecule has 2 aromatic carbocycles. The van der Waals surface area contributed by atoms with E-state index in [1.807, 2.05) is 36.1 Å². The maximum absolute atomic E-state index is 14.1. The predicted octanol–water partition coefficient (Wildman–Crippen LogP) is 4.23. The molecule has 1 heterocycles. The summed E-state index contributed by atoms with van der Waals surface area (Å²) in [7, 11) is 0. The van der Waals surface area contributed by atoms with Crippen molar-refractivity contribution in [3.8, 4) is 0 Å². The van der Waals surface area contributed by atoms with Gasteiger partial charge in [0.15, 0.2) is 0 Å². The Kier molecular flexibility index (Phi) is 6.84. The van der Waals surface area contributed by atoms with Crippen LogP contribution in [-0.2, 0) is 4.79 Å². The number of anilines is 1. The van der Waals surface area contributed by atoms with Crippen LogP contribution in [0, 0.1) is 24.5 Å². The minimum atomic E-state index is -0.781. The van der Waals surface area contributed by atoms with Crippen molar-refractivity contribution in [3.63, 3.8) is 0 Å². The van der Waals surface area contributed by atoms with Crippen molar-refractivity contribution in [2.24, 2.45) is 5.92 Å². The van der Waals surface area contributed by atoms with Crippen LogP contribution >= 0.6 is 0 Å². The molecule has 1 aliphatic carbocycles. The highest BCUT2D eigenvalue weighted by atomic mass is 19.1. The SMILES string of the molecule is Cc1ccc(C(=O)N2CCN([C@@H](C(=O)Nc3ccc(F)cc3F)C3CCCC3)CC2)cc1. The Bertz CT molecular complexity index is 966. The second-order valence-corrected chi connectivity index (χ2v) is 8.80. The van der Waals surface area contributed by atoms with Crippen LogP contribution in [0.15, 0.2) is 42.5 Å². The molecule has 5 nitrogen and oxygen atoms in total. The molecule has 2 aromatic rings. The van der Waals surface area contributed by atoms with E-state index >= 15 is 0 Å². The first kappa shape index (κ1) is 22.4. The van der Waals surface area contributed by atoms with Crippen LogP contribution in [-0.4, -0.2) is 53.8 Å². The molecule has 170 valence electrons. The molecule has 1 atom stereocenters. The molecule has 2 aliphatic rings. The molecule has 0 spiro atoms. The molecule has 32 heavy (non-hydrogen) atoms. The zero-order valence-corrected chi connectivity index (χ0v) is 18.3. The van der Waals surface area contributed by atoms with Gasteiger partial charge in [0.05, 0.1) is 11.7 Å². The van der Waals surface area contributed by atoms with Gasteiger partial charge in [-0.25, -0.2) is 8.78 Å². The monoisotopic (exact) mass is 441 g/mol. The molecule has 0 bridgehead atoms. The van der Waals surface area contributed by atoms with Crippen LogP contribution in [0.25, 0.3) is 0 Å². The molecular formula is C25H29F2N3O2. The Morgan fingerprint density at radius 3 is 2.25 bits per heavy atom. The van der Waals surface area contributed by atoms with Gasteiger partial charge >= 0.3 is 0 Å². The molecule has 4 rings (SSSR count). The highest BCUT2D eigenvalue weighted by Crippen LogP contribution is 2.32. The fraction of sp³-hybridized carbons (Fsp3) is 0.440. The molecule has 1 saturated carbocycles. The van der Waals surface area contributed by atoms with Gasteiger partial charge in [0.1, 0.15) is 11.6 Å². The lowest BCUT2D eigenvalue weighted by Gasteiger charge is -2.40. The van der Waals surface area contributed by atoms with Gasteiger partial charge in [0.2, 0.25) is 5.91 Å². The molecule has 1 N–H and O–H groups in total. The summed E-state index contributed by atoms with van der Waals surface area (Å²) in [5.74, 6) is -1.53. The van der Waals surface area contributed by atoms with E-state index < -0.39 is 17.7 Å². The smallest absolute Gasteiger partial charge is 0.253 e. The van der Waals surface area contributed by atoms with E-state index in [4.69, 9.17) is 0 Å². The van der Waals surface area contributed by atoms with Crippen molar-refractivity contribution in [1.82, 2.24) is 9.80 Å². The second kappa shape index (κ2) is 9.77. The Labute approximate surface area is 187 Å². The number of nitrogens with one attached hydrogen (secondary N) is 1. The minimum absolute atomic E-state index is 0.0000915. The summed E-state index contributed by atoms with van der Waals surface area (Å²) in [5.41, 5.74) is 1.77. The summed E-state index contributed by atoms with van der Waals surface area (Å²) in [6.07, 6.45) is 4.05. The van der Waals surface area contributed by atoms with E-state index in [0.29, 0.717) is 31.7 Å². The standard InChI is InChI=1S/C25H29F2N3O2/c1-17-6-8-19(9-7-17)25(32)30-14-12-29(13-15-30)23(18-4-2-3-5-18)24(31)28-22-11-10-20(26)16-21(22)27/h6-11,16,18,23H,2-5,12-15H2,1H3,(H,28,31)/t23-/m1/s1. The summed E-state index contributed by atoms with van der Waals surface area (Å²) >= 11 is 0. The Balaban J connectivity index is 1.44. The van der Waals surface area contributed by atoms with E-state index in [1.54, 1.807) is 0 Å². The zero-order valence-electron chi connectivity index (χ0n) is 18.3. The van der Waals surface area contributed by atoms with Gasteiger partial charge in [-0.15, -0.1) is 0 Å². The van der Waals surface area contributed by atoms with E-state index in [0.717, 1.165) is 43.4 Å². The highest BCUT2D eigenvalue weighted by Gasteiger charge is 2.37. The van der Waals surface area contributed by atoms with Gasteiger partial charge in [0, 0.05) is 37.8 Å². The minimum Gasteiger partial charge on any atom is -0.336 e. The summed E-state index contributed by atoms with van der Waals surface area (Å²) in [5, 5.41) is 2.67. The zero-order chi connectivity index (χ0) is 22.7. The van der Waals surface area contributed by atoms with Crippen molar-refractivity contribution in [3.05, 3.63) is 65.2 Å². The van der Waals surface area contributed by atoms with Gasteiger partial charge in [-0.3, -0.25) is 14.5 Å². The van der Waals surface area contributed by atoms with E-state index in [9.17, 15) is 18.4 Å². The summed E-state index contributed by atoms with van der Waals surface area (Å²) in [6.45, 7) is 4.22. The summed E-state index contributed by atoms with van der Waals surface area (Å²) < 4.78 is 27.3. The number of halogens is 2. The maximum Gasteiger partial charge on any atom is 0.253 e. The van der Waals surface area contributed by atoms with E-state index in [1.165, 1.54) is 6.07 Å². The molecule has 1 saturated heterocycles. The molecule has 2 fully saturated rings. The van der Waals surface area contributed by atoms with Crippen LogP contribution < -0.4 is 5.32 Å². The van der Waals surface area contributed by atoms with Crippen molar-refractivity contribution in [1.29, 1.82) is 0 Å². The third-order valence-electron chi connectivity index (χ3n) is 6.60. The largest absolute Gasteiger partial charge is 0.336 e. The Morgan fingerprint density at radius 2 is 1.62 bits per heavy atom. The number of carbonyl (C=O) groups excluding carboxylic acids is 2. The number of amides is 2. The fourth-order valence-corrected chi connectivity index (χ4v) is 4.83. The molecule has 0 unspecified atom stereocenters. The lowest BCUT2D eigenvalue weighted by molar-refractivity contribution is -0.124. The third kappa shape index (κ3) is 4.99. The third-order valence-corrected chi connectivity index (χ3v) is 6.60. The maximum atomic E-state index is 14.1. The normalized spacial score (nSPS) is 18.5.